The van der Waals surface area contributed by atoms with Gasteiger partial charge in [-0.2, -0.15) is 5.26 Å². The van der Waals surface area contributed by atoms with E-state index in [0.717, 1.165) is 25.7 Å². The summed E-state index contributed by atoms with van der Waals surface area (Å²) < 4.78 is 0. The summed E-state index contributed by atoms with van der Waals surface area (Å²) in [6.07, 6.45) is 4.07. The quantitative estimate of drug-likeness (QED) is 0.782. The monoisotopic (exact) mass is 310 g/mol. The number of rotatable bonds is 2. The molecule has 1 spiro atoms. The molecule has 1 aliphatic heterocycles. The summed E-state index contributed by atoms with van der Waals surface area (Å²) in [5.74, 6) is -2.10. The number of fused-ring (bicyclic) bond motifs is 1. The van der Waals surface area contributed by atoms with E-state index in [0.29, 0.717) is 11.5 Å². The van der Waals surface area contributed by atoms with Crippen molar-refractivity contribution in [3.63, 3.8) is 0 Å². The molecule has 6 heteroatoms. The van der Waals surface area contributed by atoms with Crippen LogP contribution < -0.4 is 0 Å². The third-order valence-corrected chi connectivity index (χ3v) is 5.41. The highest BCUT2D eigenvalue weighted by atomic mass is 16.7. The van der Waals surface area contributed by atoms with Crippen molar-refractivity contribution < 1.29 is 19.2 Å². The lowest BCUT2D eigenvalue weighted by Gasteiger charge is -2.17. The van der Waals surface area contributed by atoms with Gasteiger partial charge in [-0.25, -0.2) is 4.79 Å². The van der Waals surface area contributed by atoms with Crippen molar-refractivity contribution in [2.75, 3.05) is 0 Å². The molecule has 116 valence electrons. The number of hydroxylamine groups is 2. The van der Waals surface area contributed by atoms with Crippen LogP contribution in [0.15, 0.2) is 24.3 Å². The van der Waals surface area contributed by atoms with Crippen molar-refractivity contribution in [3.8, 4) is 6.07 Å². The number of hydrogen-bond acceptors (Lipinski definition) is 5. The molecule has 1 unspecified atom stereocenters. The Morgan fingerprint density at radius 1 is 1.13 bits per heavy atom. The Bertz CT molecular complexity index is 753. The standard InChI is InChI=1S/C17H14N2O4/c18-10-17(9-16(17)7-3-4-8-16)15(22)23-19-13(20)11-5-1-2-6-12(11)14(19)21/h1-2,5-6H,3-4,7-9H2. The van der Waals surface area contributed by atoms with Crippen LogP contribution in [-0.4, -0.2) is 22.8 Å². The molecule has 0 N–H and O–H groups in total. The van der Waals surface area contributed by atoms with E-state index in [1.165, 1.54) is 12.1 Å². The van der Waals surface area contributed by atoms with E-state index in [1.54, 1.807) is 12.1 Å². The molecule has 23 heavy (non-hydrogen) atoms. The Morgan fingerprint density at radius 3 is 2.22 bits per heavy atom. The first-order valence-corrected chi connectivity index (χ1v) is 7.66. The summed E-state index contributed by atoms with van der Waals surface area (Å²) in [4.78, 5) is 42.1. The maximum Gasteiger partial charge on any atom is 0.353 e. The highest BCUT2D eigenvalue weighted by Crippen LogP contribution is 2.71. The predicted molar refractivity (Wildman–Crippen MR) is 76.6 cm³/mol. The molecule has 1 aromatic rings. The van der Waals surface area contributed by atoms with E-state index in [-0.39, 0.29) is 16.5 Å². The first kappa shape index (κ1) is 13.9. The molecule has 2 amide bonds. The summed E-state index contributed by atoms with van der Waals surface area (Å²) in [6, 6.07) is 8.39. The number of carbonyl (C=O) groups is 3. The zero-order chi connectivity index (χ0) is 16.2. The number of carbonyl (C=O) groups excluding carboxylic acids is 3. The molecule has 3 aliphatic rings. The second kappa shape index (κ2) is 4.42. The summed E-state index contributed by atoms with van der Waals surface area (Å²) in [6.45, 7) is 0. The number of nitrogens with zero attached hydrogens (tertiary/aromatic N) is 2. The van der Waals surface area contributed by atoms with Crippen molar-refractivity contribution >= 4 is 17.8 Å². The van der Waals surface area contributed by atoms with Gasteiger partial charge in [-0.05, 0) is 31.4 Å². The van der Waals surface area contributed by atoms with Gasteiger partial charge < -0.3 is 4.84 Å². The Morgan fingerprint density at radius 2 is 1.70 bits per heavy atom. The van der Waals surface area contributed by atoms with Crippen LogP contribution in [-0.2, 0) is 9.63 Å². The van der Waals surface area contributed by atoms with Gasteiger partial charge in [0.25, 0.3) is 11.8 Å². The van der Waals surface area contributed by atoms with Gasteiger partial charge in [0.2, 0.25) is 0 Å². The Balaban J connectivity index is 1.58. The maximum atomic E-state index is 12.5. The predicted octanol–water partition coefficient (Wildman–Crippen LogP) is 2.21. The molecule has 0 saturated heterocycles. The minimum atomic E-state index is -1.21. The van der Waals surface area contributed by atoms with Crippen LogP contribution in [0.25, 0.3) is 0 Å². The van der Waals surface area contributed by atoms with E-state index < -0.39 is 23.2 Å². The normalized spacial score (nSPS) is 27.0. The number of nitriles is 1. The highest BCUT2D eigenvalue weighted by Gasteiger charge is 2.74. The van der Waals surface area contributed by atoms with Crippen molar-refractivity contribution in [3.05, 3.63) is 35.4 Å². The lowest BCUT2D eigenvalue weighted by Crippen LogP contribution is -2.36. The molecule has 2 fully saturated rings. The van der Waals surface area contributed by atoms with Gasteiger partial charge in [-0.15, -0.1) is 0 Å². The number of imide groups is 1. The molecule has 0 aromatic heterocycles. The van der Waals surface area contributed by atoms with Gasteiger partial charge in [0.15, 0.2) is 5.41 Å². The molecule has 1 heterocycles. The Labute approximate surface area is 132 Å². The maximum absolute atomic E-state index is 12.5. The molecule has 0 radical (unpaired) electrons. The first-order chi connectivity index (χ1) is 11.0. The van der Waals surface area contributed by atoms with Crippen molar-refractivity contribution in [2.45, 2.75) is 32.1 Å². The largest absolute Gasteiger partial charge is 0.353 e. The van der Waals surface area contributed by atoms with Gasteiger partial charge in [0.05, 0.1) is 17.2 Å². The fourth-order valence-electron chi connectivity index (χ4n) is 4.02. The summed E-state index contributed by atoms with van der Waals surface area (Å²) >= 11 is 0. The zero-order valence-electron chi connectivity index (χ0n) is 12.4. The van der Waals surface area contributed by atoms with Crippen molar-refractivity contribution in [2.24, 2.45) is 10.8 Å². The van der Waals surface area contributed by atoms with Gasteiger partial charge in [-0.1, -0.05) is 30.0 Å². The number of hydrogen-bond donors (Lipinski definition) is 0. The van der Waals surface area contributed by atoms with Crippen LogP contribution in [0, 0.1) is 22.2 Å². The number of amides is 2. The molecule has 2 saturated carbocycles. The molecule has 0 bridgehead atoms. The summed E-state index contributed by atoms with van der Waals surface area (Å²) in [7, 11) is 0. The third-order valence-electron chi connectivity index (χ3n) is 5.41. The van der Waals surface area contributed by atoms with Crippen molar-refractivity contribution in [1.82, 2.24) is 5.06 Å². The van der Waals surface area contributed by atoms with Gasteiger partial charge in [0.1, 0.15) is 0 Å². The second-order valence-electron chi connectivity index (χ2n) is 6.51. The average molecular weight is 310 g/mol. The smallest absolute Gasteiger partial charge is 0.328 e. The minimum Gasteiger partial charge on any atom is -0.328 e. The SMILES string of the molecule is N#CC1(C(=O)ON2C(=O)c3ccccc3C2=O)CC12CCCC2. The van der Waals surface area contributed by atoms with E-state index in [1.807, 2.05) is 0 Å². The van der Waals surface area contributed by atoms with E-state index in [9.17, 15) is 19.6 Å². The van der Waals surface area contributed by atoms with Crippen LogP contribution in [0.4, 0.5) is 0 Å². The van der Waals surface area contributed by atoms with E-state index in [2.05, 4.69) is 6.07 Å². The summed E-state index contributed by atoms with van der Waals surface area (Å²) in [5, 5.41) is 9.99. The van der Waals surface area contributed by atoms with Crippen LogP contribution in [0.2, 0.25) is 0 Å². The molecular weight excluding hydrogens is 296 g/mol. The van der Waals surface area contributed by atoms with Crippen LogP contribution in [0.1, 0.15) is 52.8 Å². The van der Waals surface area contributed by atoms with Gasteiger partial charge >= 0.3 is 5.97 Å². The summed E-state index contributed by atoms with van der Waals surface area (Å²) in [5.41, 5.74) is -1.11. The van der Waals surface area contributed by atoms with Gasteiger partial charge in [-0.3, -0.25) is 9.59 Å². The molecule has 1 atom stereocenters. The van der Waals surface area contributed by atoms with Crippen molar-refractivity contribution in [1.29, 1.82) is 5.26 Å². The fourth-order valence-corrected chi connectivity index (χ4v) is 4.02. The highest BCUT2D eigenvalue weighted by molar-refractivity contribution is 6.21. The first-order valence-electron chi connectivity index (χ1n) is 7.66. The third kappa shape index (κ3) is 1.65. The molecule has 2 aliphatic carbocycles. The topological polar surface area (TPSA) is 87.5 Å². The molecule has 4 rings (SSSR count). The fraction of sp³-hybridized carbons (Fsp3) is 0.412. The lowest BCUT2D eigenvalue weighted by molar-refractivity contribution is -0.174. The molecule has 6 nitrogen and oxygen atoms in total. The van der Waals surface area contributed by atoms with Crippen LogP contribution >= 0.6 is 0 Å². The Kier molecular flexibility index (Phi) is 2.68. The van der Waals surface area contributed by atoms with Crippen LogP contribution in [0.5, 0.6) is 0 Å². The average Bonchev–Trinajstić information content (AvgIpc) is 2.82. The zero-order valence-corrected chi connectivity index (χ0v) is 12.4. The second-order valence-corrected chi connectivity index (χ2v) is 6.51. The van der Waals surface area contributed by atoms with Crippen LogP contribution in [0.3, 0.4) is 0 Å². The van der Waals surface area contributed by atoms with Gasteiger partial charge in [0, 0.05) is 5.41 Å². The van der Waals surface area contributed by atoms with E-state index >= 15 is 0 Å². The molecular formula is C17H14N2O4. The van der Waals surface area contributed by atoms with E-state index in [4.69, 9.17) is 4.84 Å². The number of benzene rings is 1. The Hall–Kier alpha value is -2.68. The molecule has 1 aromatic carbocycles. The minimum absolute atomic E-state index is 0.211. The lowest BCUT2D eigenvalue weighted by atomic mass is 9.92.